The van der Waals surface area contributed by atoms with E-state index in [0.29, 0.717) is 11.3 Å². The number of anilines is 1. The number of hydrogen-bond acceptors (Lipinski definition) is 4. The highest BCUT2D eigenvalue weighted by Gasteiger charge is 2.11. The fourth-order valence-electron chi connectivity index (χ4n) is 2.69. The summed E-state index contributed by atoms with van der Waals surface area (Å²) in [6, 6.07) is 20.3. The van der Waals surface area contributed by atoms with Crippen LogP contribution in [-0.2, 0) is 11.4 Å². The highest BCUT2D eigenvalue weighted by molar-refractivity contribution is 6.10. The number of ether oxygens (including phenoxy) is 1. The third kappa shape index (κ3) is 6.02. The van der Waals surface area contributed by atoms with Crippen LogP contribution in [0.3, 0.4) is 0 Å². The molecule has 0 atom stereocenters. The molecule has 0 aliphatic carbocycles. The summed E-state index contributed by atoms with van der Waals surface area (Å²) < 4.78 is 18.7. The summed E-state index contributed by atoms with van der Waals surface area (Å²) in [5.74, 6) is -1.59. The molecule has 2 N–H and O–H groups in total. The monoisotopic (exact) mass is 416 g/mol. The molecule has 0 saturated heterocycles. The minimum Gasteiger partial charge on any atom is -0.489 e. The van der Waals surface area contributed by atoms with Crippen LogP contribution < -0.4 is 10.1 Å². The largest absolute Gasteiger partial charge is 0.489 e. The minimum absolute atomic E-state index is 0.0197. The number of carboxylic acid groups (broad SMARTS) is 1. The lowest BCUT2D eigenvalue weighted by molar-refractivity contribution is -0.112. The molecule has 0 saturated carbocycles. The molecule has 7 heteroatoms. The predicted octanol–water partition coefficient (Wildman–Crippen LogP) is 4.65. The summed E-state index contributed by atoms with van der Waals surface area (Å²) in [7, 11) is 0. The Balaban J connectivity index is 1.71. The third-order valence-electron chi connectivity index (χ3n) is 4.22. The van der Waals surface area contributed by atoms with Crippen LogP contribution in [0.5, 0.6) is 5.75 Å². The van der Waals surface area contributed by atoms with Crippen LogP contribution >= 0.6 is 0 Å². The van der Waals surface area contributed by atoms with Gasteiger partial charge in [0.2, 0.25) is 0 Å². The molecule has 154 valence electrons. The van der Waals surface area contributed by atoms with E-state index < -0.39 is 11.9 Å². The third-order valence-corrected chi connectivity index (χ3v) is 4.22. The van der Waals surface area contributed by atoms with Gasteiger partial charge in [-0.2, -0.15) is 5.26 Å². The zero-order valence-corrected chi connectivity index (χ0v) is 16.2. The second-order valence-corrected chi connectivity index (χ2v) is 6.50. The molecule has 31 heavy (non-hydrogen) atoms. The van der Waals surface area contributed by atoms with Crippen molar-refractivity contribution in [2.45, 2.75) is 6.61 Å². The van der Waals surface area contributed by atoms with Crippen molar-refractivity contribution in [2.24, 2.45) is 0 Å². The van der Waals surface area contributed by atoms with Gasteiger partial charge in [-0.1, -0.05) is 30.3 Å². The first-order valence-corrected chi connectivity index (χ1v) is 9.18. The van der Waals surface area contributed by atoms with Crippen LogP contribution in [-0.4, -0.2) is 17.0 Å². The quantitative estimate of drug-likeness (QED) is 0.431. The highest BCUT2D eigenvalue weighted by Crippen LogP contribution is 2.19. The number of nitriles is 1. The average molecular weight is 416 g/mol. The van der Waals surface area contributed by atoms with E-state index in [9.17, 15) is 19.2 Å². The molecule has 0 heterocycles. The Hall–Kier alpha value is -4.44. The van der Waals surface area contributed by atoms with Crippen molar-refractivity contribution in [3.05, 3.63) is 101 Å². The number of nitrogens with one attached hydrogen (secondary N) is 1. The van der Waals surface area contributed by atoms with Crippen molar-refractivity contribution in [2.75, 3.05) is 5.32 Å². The number of aromatic carboxylic acids is 1. The van der Waals surface area contributed by atoms with Crippen LogP contribution in [0.15, 0.2) is 78.4 Å². The molecule has 0 radical (unpaired) electrons. The maximum Gasteiger partial charge on any atom is 0.335 e. The van der Waals surface area contributed by atoms with Gasteiger partial charge in [-0.05, 0) is 59.7 Å². The molecule has 0 aliphatic heterocycles. The Morgan fingerprint density at radius 1 is 1.06 bits per heavy atom. The number of hydrogen-bond donors (Lipinski definition) is 2. The van der Waals surface area contributed by atoms with Gasteiger partial charge in [0.05, 0.1) is 5.56 Å². The molecule has 3 aromatic rings. The Morgan fingerprint density at radius 3 is 2.52 bits per heavy atom. The van der Waals surface area contributed by atoms with Crippen LogP contribution in [0.1, 0.15) is 21.5 Å². The number of rotatable bonds is 7. The SMILES string of the molecule is N#C/C(=C/c1cccc(OCc2ccc(F)cc2)c1)C(=O)Nc1cccc(C(=O)O)c1. The van der Waals surface area contributed by atoms with E-state index in [1.807, 2.05) is 6.07 Å². The van der Waals surface area contributed by atoms with E-state index in [-0.39, 0.29) is 29.2 Å². The van der Waals surface area contributed by atoms with Gasteiger partial charge in [0, 0.05) is 5.69 Å². The van der Waals surface area contributed by atoms with Gasteiger partial charge in [-0.3, -0.25) is 4.79 Å². The van der Waals surface area contributed by atoms with E-state index in [4.69, 9.17) is 9.84 Å². The molecule has 3 rings (SSSR count). The lowest BCUT2D eigenvalue weighted by Gasteiger charge is -2.08. The summed E-state index contributed by atoms with van der Waals surface area (Å²) in [4.78, 5) is 23.5. The minimum atomic E-state index is -1.12. The molecule has 3 aromatic carbocycles. The maximum absolute atomic E-state index is 13.0. The van der Waals surface area contributed by atoms with Crippen LogP contribution in [0.25, 0.3) is 6.08 Å². The van der Waals surface area contributed by atoms with Crippen molar-refractivity contribution < 1.29 is 23.8 Å². The Bertz CT molecular complexity index is 1180. The molecule has 0 aromatic heterocycles. The number of carbonyl (C=O) groups excluding carboxylic acids is 1. The van der Waals surface area contributed by atoms with Gasteiger partial charge in [0.25, 0.3) is 5.91 Å². The van der Waals surface area contributed by atoms with Crippen molar-refractivity contribution in [3.63, 3.8) is 0 Å². The smallest absolute Gasteiger partial charge is 0.335 e. The predicted molar refractivity (Wildman–Crippen MR) is 113 cm³/mol. The van der Waals surface area contributed by atoms with Gasteiger partial charge in [0.15, 0.2) is 0 Å². The second kappa shape index (κ2) is 9.85. The number of carbonyl (C=O) groups is 2. The van der Waals surface area contributed by atoms with Crippen LogP contribution in [0, 0.1) is 17.1 Å². The van der Waals surface area contributed by atoms with E-state index >= 15 is 0 Å². The second-order valence-electron chi connectivity index (χ2n) is 6.50. The van der Waals surface area contributed by atoms with Gasteiger partial charge >= 0.3 is 5.97 Å². The first-order chi connectivity index (χ1) is 14.9. The fraction of sp³-hybridized carbons (Fsp3) is 0.0417. The summed E-state index contributed by atoms with van der Waals surface area (Å²) in [5, 5.41) is 20.9. The summed E-state index contributed by atoms with van der Waals surface area (Å²) in [5.41, 5.74) is 1.50. The highest BCUT2D eigenvalue weighted by atomic mass is 19.1. The zero-order valence-electron chi connectivity index (χ0n) is 16.2. The topological polar surface area (TPSA) is 99.4 Å². The molecule has 0 aliphatic rings. The first-order valence-electron chi connectivity index (χ1n) is 9.18. The lowest BCUT2D eigenvalue weighted by atomic mass is 10.1. The van der Waals surface area contributed by atoms with Crippen molar-refractivity contribution in [3.8, 4) is 11.8 Å². The van der Waals surface area contributed by atoms with Crippen molar-refractivity contribution >= 4 is 23.6 Å². The van der Waals surface area contributed by atoms with E-state index in [1.54, 1.807) is 36.4 Å². The number of halogens is 1. The molecule has 0 fully saturated rings. The standard InChI is InChI=1S/C24H17FN2O4/c25-20-9-7-16(8-10-20)15-31-22-6-1-3-17(12-22)11-19(14-26)23(28)27-21-5-2-4-18(13-21)24(29)30/h1-13H,15H2,(H,27,28)(H,29,30)/b19-11-. The van der Waals surface area contributed by atoms with E-state index in [0.717, 1.165) is 5.56 Å². The summed E-state index contributed by atoms with van der Waals surface area (Å²) in [6.07, 6.45) is 1.40. The molecule has 0 unspecified atom stereocenters. The molecule has 0 spiro atoms. The van der Waals surface area contributed by atoms with Crippen LogP contribution in [0.4, 0.5) is 10.1 Å². The number of benzene rings is 3. The molecular formula is C24H17FN2O4. The molecule has 0 bridgehead atoms. The summed E-state index contributed by atoms with van der Waals surface area (Å²) >= 11 is 0. The molecular weight excluding hydrogens is 399 g/mol. The Kier molecular flexibility index (Phi) is 6.76. The zero-order chi connectivity index (χ0) is 22.2. The van der Waals surface area contributed by atoms with Gasteiger partial charge in [-0.15, -0.1) is 0 Å². The van der Waals surface area contributed by atoms with E-state index in [2.05, 4.69) is 5.32 Å². The normalized spacial score (nSPS) is 10.8. The van der Waals surface area contributed by atoms with Gasteiger partial charge in [0.1, 0.15) is 29.8 Å². The molecule has 6 nitrogen and oxygen atoms in total. The van der Waals surface area contributed by atoms with Crippen LogP contribution in [0.2, 0.25) is 0 Å². The van der Waals surface area contributed by atoms with Crippen molar-refractivity contribution in [1.82, 2.24) is 0 Å². The maximum atomic E-state index is 13.0. The Labute approximate surface area is 177 Å². The fourth-order valence-corrected chi connectivity index (χ4v) is 2.69. The van der Waals surface area contributed by atoms with Crippen molar-refractivity contribution in [1.29, 1.82) is 5.26 Å². The average Bonchev–Trinajstić information content (AvgIpc) is 2.77. The van der Waals surface area contributed by atoms with Gasteiger partial charge in [-0.25, -0.2) is 9.18 Å². The van der Waals surface area contributed by atoms with E-state index in [1.165, 1.54) is 42.5 Å². The summed E-state index contributed by atoms with van der Waals surface area (Å²) in [6.45, 7) is 0.235. The lowest BCUT2D eigenvalue weighted by Crippen LogP contribution is -2.13. The number of amides is 1. The Morgan fingerprint density at radius 2 is 1.81 bits per heavy atom. The van der Waals surface area contributed by atoms with Gasteiger partial charge < -0.3 is 15.2 Å². The number of carboxylic acids is 1. The molecule has 1 amide bonds. The number of nitrogens with zero attached hydrogens (tertiary/aromatic N) is 1. The first kappa shape index (κ1) is 21.3.